The van der Waals surface area contributed by atoms with Crippen LogP contribution in [-0.4, -0.2) is 50.4 Å². The first-order chi connectivity index (χ1) is 20.5. The van der Waals surface area contributed by atoms with E-state index in [2.05, 4.69) is 5.32 Å². The number of amides is 2. The first-order valence-corrected chi connectivity index (χ1v) is 16.6. The van der Waals surface area contributed by atoms with Crippen molar-refractivity contribution in [3.8, 4) is 5.75 Å². The number of hydrogen-bond donors (Lipinski definition) is 1. The third-order valence-electron chi connectivity index (χ3n) is 7.58. The molecule has 0 bridgehead atoms. The molecular weight excluding hydrogens is 609 g/mol. The summed E-state index contributed by atoms with van der Waals surface area (Å²) in [4.78, 5) is 28.9. The molecule has 0 spiro atoms. The van der Waals surface area contributed by atoms with E-state index in [1.54, 1.807) is 61.5 Å². The Labute approximate surface area is 264 Å². The van der Waals surface area contributed by atoms with Crippen LogP contribution in [0.2, 0.25) is 10.0 Å². The number of hydrogen-bond acceptors (Lipinski definition) is 5. The molecule has 0 saturated heterocycles. The Balaban J connectivity index is 1.70. The van der Waals surface area contributed by atoms with Gasteiger partial charge < -0.3 is 15.0 Å². The fourth-order valence-corrected chi connectivity index (χ4v) is 7.00. The summed E-state index contributed by atoms with van der Waals surface area (Å²) in [5.41, 5.74) is 1.71. The quantitative estimate of drug-likeness (QED) is 0.247. The number of ether oxygens (including phenoxy) is 1. The van der Waals surface area contributed by atoms with E-state index in [4.69, 9.17) is 27.9 Å². The summed E-state index contributed by atoms with van der Waals surface area (Å²) < 4.78 is 34.6. The first kappa shape index (κ1) is 32.6. The van der Waals surface area contributed by atoms with Gasteiger partial charge in [-0.25, -0.2) is 8.42 Å². The number of nitrogens with zero attached hydrogens (tertiary/aromatic N) is 2. The van der Waals surface area contributed by atoms with Crippen molar-refractivity contribution >= 4 is 50.7 Å². The predicted octanol–water partition coefficient (Wildman–Crippen LogP) is 6.37. The lowest BCUT2D eigenvalue weighted by atomic mass is 10.1. The molecule has 1 aliphatic rings. The number of anilines is 1. The normalized spacial score (nSPS) is 14.3. The molecule has 0 aromatic heterocycles. The van der Waals surface area contributed by atoms with Gasteiger partial charge in [-0.2, -0.15) is 0 Å². The van der Waals surface area contributed by atoms with Crippen molar-refractivity contribution in [1.82, 2.24) is 10.2 Å². The van der Waals surface area contributed by atoms with Crippen molar-refractivity contribution in [3.63, 3.8) is 0 Å². The second-order valence-electron chi connectivity index (χ2n) is 10.6. The van der Waals surface area contributed by atoms with Crippen LogP contribution in [0.15, 0.2) is 71.6 Å². The second kappa shape index (κ2) is 14.5. The smallest absolute Gasteiger partial charge is 0.264 e. The van der Waals surface area contributed by atoms with Crippen molar-refractivity contribution in [2.24, 2.45) is 0 Å². The molecule has 1 saturated carbocycles. The van der Waals surface area contributed by atoms with E-state index < -0.39 is 28.5 Å². The van der Waals surface area contributed by atoms with Crippen molar-refractivity contribution in [2.45, 2.75) is 70.0 Å². The highest BCUT2D eigenvalue weighted by atomic mass is 35.5. The van der Waals surface area contributed by atoms with Gasteiger partial charge in [-0.1, -0.05) is 59.8 Å². The topological polar surface area (TPSA) is 96.0 Å². The Morgan fingerprint density at radius 1 is 0.977 bits per heavy atom. The summed E-state index contributed by atoms with van der Waals surface area (Å²) >= 11 is 12.9. The number of halogens is 2. The predicted molar refractivity (Wildman–Crippen MR) is 170 cm³/mol. The molecule has 1 fully saturated rings. The van der Waals surface area contributed by atoms with Crippen LogP contribution in [0.5, 0.6) is 5.75 Å². The van der Waals surface area contributed by atoms with E-state index in [0.717, 1.165) is 35.6 Å². The Morgan fingerprint density at radius 2 is 1.58 bits per heavy atom. The number of carbonyl (C=O) groups excluding carboxylic acids is 2. The highest BCUT2D eigenvalue weighted by molar-refractivity contribution is 7.92. The van der Waals surface area contributed by atoms with Gasteiger partial charge >= 0.3 is 0 Å². The van der Waals surface area contributed by atoms with Gasteiger partial charge in [0.05, 0.1) is 17.2 Å². The van der Waals surface area contributed by atoms with Crippen molar-refractivity contribution in [1.29, 1.82) is 0 Å². The van der Waals surface area contributed by atoms with E-state index in [1.165, 1.54) is 17.0 Å². The van der Waals surface area contributed by atoms with Crippen LogP contribution >= 0.6 is 23.2 Å². The molecule has 4 rings (SSSR count). The van der Waals surface area contributed by atoms with E-state index in [-0.39, 0.29) is 23.4 Å². The summed E-state index contributed by atoms with van der Waals surface area (Å²) in [5.74, 6) is -0.371. The molecule has 2 amide bonds. The zero-order valence-corrected chi connectivity index (χ0v) is 26.9. The van der Waals surface area contributed by atoms with Gasteiger partial charge in [0.1, 0.15) is 18.3 Å². The van der Waals surface area contributed by atoms with Gasteiger partial charge in [-0.3, -0.25) is 13.9 Å². The van der Waals surface area contributed by atoms with Crippen LogP contribution in [-0.2, 0) is 26.2 Å². The SMILES string of the molecule is CCOc1ccc(S(=O)(=O)N(CC(=O)N(Cc2c(Cl)cccc2Cl)C(C)C(=O)NC2CCCC2)c2ccc(C)cc2)cc1. The van der Waals surface area contributed by atoms with E-state index >= 15 is 0 Å². The van der Waals surface area contributed by atoms with Gasteiger partial charge in [0.15, 0.2) is 0 Å². The van der Waals surface area contributed by atoms with Gasteiger partial charge in [0.25, 0.3) is 10.0 Å². The summed E-state index contributed by atoms with van der Waals surface area (Å²) in [7, 11) is -4.20. The van der Waals surface area contributed by atoms with Crippen LogP contribution in [0.3, 0.4) is 0 Å². The zero-order valence-electron chi connectivity index (χ0n) is 24.6. The standard InChI is InChI=1S/C32H37Cl2N3O5S/c1-4-42-26-16-18-27(19-17-26)43(40,41)37(25-14-12-22(2)13-15-25)21-31(38)36(20-28-29(33)10-7-11-30(28)34)23(3)32(39)35-24-8-5-6-9-24/h7,10-19,23-24H,4-6,8-9,20-21H2,1-3H3,(H,35,39). The van der Waals surface area contributed by atoms with Gasteiger partial charge in [0.2, 0.25) is 11.8 Å². The molecule has 0 aliphatic heterocycles. The summed E-state index contributed by atoms with van der Waals surface area (Å²) in [6.07, 6.45) is 3.83. The molecule has 0 heterocycles. The Hall–Kier alpha value is -3.27. The maximum absolute atomic E-state index is 14.2. The lowest BCUT2D eigenvalue weighted by molar-refractivity contribution is -0.139. The average molecular weight is 647 g/mol. The molecule has 3 aromatic rings. The third-order valence-corrected chi connectivity index (χ3v) is 10.1. The number of rotatable bonds is 12. The molecular formula is C32H37Cl2N3O5S. The molecule has 1 atom stereocenters. The highest BCUT2D eigenvalue weighted by Crippen LogP contribution is 2.29. The molecule has 0 radical (unpaired) electrons. The van der Waals surface area contributed by atoms with E-state index in [1.807, 2.05) is 13.8 Å². The zero-order chi connectivity index (χ0) is 31.1. The first-order valence-electron chi connectivity index (χ1n) is 14.4. The Bertz CT molecular complexity index is 1510. The van der Waals surface area contributed by atoms with E-state index in [9.17, 15) is 18.0 Å². The number of carbonyl (C=O) groups is 2. The number of benzene rings is 3. The maximum atomic E-state index is 14.2. The molecule has 1 aliphatic carbocycles. The molecule has 1 N–H and O–H groups in total. The van der Waals surface area contributed by atoms with Crippen molar-refractivity contribution < 1.29 is 22.7 Å². The third kappa shape index (κ3) is 8.02. The molecule has 43 heavy (non-hydrogen) atoms. The Morgan fingerprint density at radius 3 is 2.16 bits per heavy atom. The van der Waals surface area contributed by atoms with Gasteiger partial charge in [-0.05, 0) is 82.1 Å². The number of nitrogens with one attached hydrogen (secondary N) is 1. The van der Waals surface area contributed by atoms with Crippen LogP contribution in [0.4, 0.5) is 5.69 Å². The van der Waals surface area contributed by atoms with Crippen LogP contribution in [0.25, 0.3) is 0 Å². The Kier molecular flexibility index (Phi) is 11.0. The molecule has 1 unspecified atom stereocenters. The molecule has 8 nitrogen and oxygen atoms in total. The monoisotopic (exact) mass is 645 g/mol. The van der Waals surface area contributed by atoms with Crippen molar-refractivity contribution in [3.05, 3.63) is 87.9 Å². The molecule has 3 aromatic carbocycles. The summed E-state index contributed by atoms with van der Waals surface area (Å²) in [5, 5.41) is 3.73. The minimum Gasteiger partial charge on any atom is -0.494 e. The second-order valence-corrected chi connectivity index (χ2v) is 13.3. The average Bonchev–Trinajstić information content (AvgIpc) is 3.49. The number of sulfonamides is 1. The fraction of sp³-hybridized carbons (Fsp3) is 0.375. The minimum atomic E-state index is -4.20. The minimum absolute atomic E-state index is 0.00273. The van der Waals surface area contributed by atoms with Crippen LogP contribution < -0.4 is 14.4 Å². The van der Waals surface area contributed by atoms with Crippen LogP contribution in [0, 0.1) is 6.92 Å². The molecule has 230 valence electrons. The largest absolute Gasteiger partial charge is 0.494 e. The highest BCUT2D eigenvalue weighted by Gasteiger charge is 2.34. The van der Waals surface area contributed by atoms with Gasteiger partial charge in [-0.15, -0.1) is 0 Å². The lowest BCUT2D eigenvalue weighted by Gasteiger charge is -2.33. The fourth-order valence-electron chi connectivity index (χ4n) is 5.07. The van der Waals surface area contributed by atoms with Gasteiger partial charge in [0, 0.05) is 28.2 Å². The maximum Gasteiger partial charge on any atom is 0.264 e. The van der Waals surface area contributed by atoms with Crippen LogP contribution in [0.1, 0.15) is 50.7 Å². The van der Waals surface area contributed by atoms with Crippen molar-refractivity contribution in [2.75, 3.05) is 17.5 Å². The summed E-state index contributed by atoms with van der Waals surface area (Å²) in [6, 6.07) is 17.0. The lowest BCUT2D eigenvalue weighted by Crippen LogP contribution is -2.52. The summed E-state index contributed by atoms with van der Waals surface area (Å²) in [6.45, 7) is 5.16. The van der Waals surface area contributed by atoms with E-state index in [0.29, 0.717) is 33.7 Å². The molecule has 11 heteroatoms. The number of aryl methyl sites for hydroxylation is 1.